The Bertz CT molecular complexity index is 364. The number of benzene rings is 1. The Balaban J connectivity index is 2.81. The Morgan fingerprint density at radius 2 is 2.19 bits per heavy atom. The number of ether oxygens (including phenoxy) is 2. The van der Waals surface area contributed by atoms with Gasteiger partial charge in [0.15, 0.2) is 0 Å². The van der Waals surface area contributed by atoms with Crippen LogP contribution in [0.25, 0.3) is 0 Å². The van der Waals surface area contributed by atoms with Crippen LogP contribution in [0, 0.1) is 5.41 Å². The first kappa shape index (κ1) is 12.5. The molecule has 4 heteroatoms. The van der Waals surface area contributed by atoms with Crippen LogP contribution in [0.2, 0.25) is 0 Å². The van der Waals surface area contributed by atoms with E-state index >= 15 is 0 Å². The highest BCUT2D eigenvalue weighted by Gasteiger charge is 2.06. The fraction of sp³-hybridized carbons (Fsp3) is 0.417. The van der Waals surface area contributed by atoms with Crippen LogP contribution in [0.5, 0.6) is 5.75 Å². The molecule has 0 amide bonds. The van der Waals surface area contributed by atoms with Gasteiger partial charge >= 0.3 is 0 Å². The zero-order valence-electron chi connectivity index (χ0n) is 9.75. The van der Waals surface area contributed by atoms with Crippen molar-refractivity contribution in [3.8, 4) is 5.75 Å². The molecule has 0 aromatic heterocycles. The molecule has 0 heterocycles. The van der Waals surface area contributed by atoms with Gasteiger partial charge in [-0.2, -0.15) is 0 Å². The summed E-state index contributed by atoms with van der Waals surface area (Å²) >= 11 is 0. The minimum Gasteiger partial charge on any atom is -0.496 e. The minimum atomic E-state index is 0.00851. The van der Waals surface area contributed by atoms with Crippen molar-refractivity contribution in [1.82, 2.24) is 0 Å². The van der Waals surface area contributed by atoms with Gasteiger partial charge in [-0.15, -0.1) is 0 Å². The summed E-state index contributed by atoms with van der Waals surface area (Å²) in [4.78, 5) is 0. The lowest BCUT2D eigenvalue weighted by Crippen LogP contribution is -2.13. The normalized spacial score (nSPS) is 10.1. The van der Waals surface area contributed by atoms with E-state index in [1.165, 1.54) is 0 Å². The molecule has 0 fully saturated rings. The SMILES string of the molecule is CCCOCc1ccc(OC)c(C(=N)N)c1. The number of nitrogen functional groups attached to an aromatic ring is 1. The number of nitrogens with two attached hydrogens (primary N) is 1. The van der Waals surface area contributed by atoms with Crippen LogP contribution in [0.3, 0.4) is 0 Å². The number of amidine groups is 1. The van der Waals surface area contributed by atoms with E-state index in [9.17, 15) is 0 Å². The van der Waals surface area contributed by atoms with Crippen LogP contribution in [-0.2, 0) is 11.3 Å². The lowest BCUT2D eigenvalue weighted by Gasteiger charge is -2.09. The molecule has 4 nitrogen and oxygen atoms in total. The molecule has 0 aliphatic rings. The maximum Gasteiger partial charge on any atom is 0.129 e. The predicted octanol–water partition coefficient (Wildman–Crippen LogP) is 1.91. The van der Waals surface area contributed by atoms with Crippen molar-refractivity contribution in [1.29, 1.82) is 5.41 Å². The molecule has 1 rings (SSSR count). The zero-order chi connectivity index (χ0) is 12.0. The van der Waals surface area contributed by atoms with Crippen molar-refractivity contribution in [2.45, 2.75) is 20.0 Å². The standard InChI is InChI=1S/C12H18N2O2/c1-3-6-16-8-9-4-5-11(15-2)10(7-9)12(13)14/h4-5,7H,3,6,8H2,1-2H3,(H3,13,14). The summed E-state index contributed by atoms with van der Waals surface area (Å²) in [5.74, 6) is 0.626. The molecule has 0 saturated carbocycles. The number of hydrogen-bond donors (Lipinski definition) is 2. The Morgan fingerprint density at radius 3 is 2.75 bits per heavy atom. The molecule has 0 bridgehead atoms. The maximum atomic E-state index is 7.45. The third-order valence-corrected chi connectivity index (χ3v) is 2.17. The molecule has 0 saturated heterocycles. The minimum absolute atomic E-state index is 0.00851. The summed E-state index contributed by atoms with van der Waals surface area (Å²) in [7, 11) is 1.56. The number of rotatable bonds is 6. The third kappa shape index (κ3) is 3.24. The fourth-order valence-electron chi connectivity index (χ4n) is 1.39. The summed E-state index contributed by atoms with van der Waals surface area (Å²) in [6, 6.07) is 5.55. The van der Waals surface area contributed by atoms with Gasteiger partial charge in [0.25, 0.3) is 0 Å². The lowest BCUT2D eigenvalue weighted by molar-refractivity contribution is 0.121. The van der Waals surface area contributed by atoms with E-state index in [1.807, 2.05) is 12.1 Å². The zero-order valence-corrected chi connectivity index (χ0v) is 9.75. The third-order valence-electron chi connectivity index (χ3n) is 2.17. The Hall–Kier alpha value is -1.55. The molecule has 3 N–H and O–H groups in total. The van der Waals surface area contributed by atoms with Gasteiger partial charge in [0.1, 0.15) is 11.6 Å². The van der Waals surface area contributed by atoms with Crippen molar-refractivity contribution in [3.05, 3.63) is 29.3 Å². The van der Waals surface area contributed by atoms with E-state index in [4.69, 9.17) is 20.6 Å². The predicted molar refractivity (Wildman–Crippen MR) is 64.0 cm³/mol. The van der Waals surface area contributed by atoms with Gasteiger partial charge in [-0.25, -0.2) is 0 Å². The first-order valence-corrected chi connectivity index (χ1v) is 5.28. The smallest absolute Gasteiger partial charge is 0.129 e. The van der Waals surface area contributed by atoms with Gasteiger partial charge in [0.2, 0.25) is 0 Å². The van der Waals surface area contributed by atoms with Crippen LogP contribution in [0.4, 0.5) is 0 Å². The first-order chi connectivity index (χ1) is 7.69. The van der Waals surface area contributed by atoms with Crippen LogP contribution < -0.4 is 10.5 Å². The quantitative estimate of drug-likeness (QED) is 0.439. The molecule has 1 aromatic rings. The number of hydrogen-bond acceptors (Lipinski definition) is 3. The van der Waals surface area contributed by atoms with E-state index < -0.39 is 0 Å². The van der Waals surface area contributed by atoms with Crippen molar-refractivity contribution < 1.29 is 9.47 Å². The van der Waals surface area contributed by atoms with Crippen LogP contribution in [0.1, 0.15) is 24.5 Å². The second kappa shape index (κ2) is 6.12. The molecule has 0 atom stereocenters. The van der Waals surface area contributed by atoms with Crippen molar-refractivity contribution in [3.63, 3.8) is 0 Å². The van der Waals surface area contributed by atoms with Crippen LogP contribution in [0.15, 0.2) is 18.2 Å². The summed E-state index contributed by atoms with van der Waals surface area (Å²) < 4.78 is 10.6. The average Bonchev–Trinajstić information content (AvgIpc) is 2.29. The largest absolute Gasteiger partial charge is 0.496 e. The second-order valence-corrected chi connectivity index (χ2v) is 3.50. The highest BCUT2D eigenvalue weighted by atomic mass is 16.5. The summed E-state index contributed by atoms with van der Waals surface area (Å²) in [6.07, 6.45) is 0.996. The summed E-state index contributed by atoms with van der Waals surface area (Å²) in [5, 5.41) is 7.45. The van der Waals surface area contributed by atoms with Crippen LogP contribution in [-0.4, -0.2) is 19.6 Å². The molecule has 0 aliphatic heterocycles. The first-order valence-electron chi connectivity index (χ1n) is 5.28. The molecule has 0 unspecified atom stereocenters. The van der Waals surface area contributed by atoms with E-state index in [1.54, 1.807) is 13.2 Å². The number of methoxy groups -OCH3 is 1. The van der Waals surface area contributed by atoms with Gasteiger partial charge in [0, 0.05) is 6.61 Å². The summed E-state index contributed by atoms with van der Waals surface area (Å²) in [5.41, 5.74) is 7.09. The molecule has 88 valence electrons. The van der Waals surface area contributed by atoms with Gasteiger partial charge < -0.3 is 15.2 Å². The Kier molecular flexibility index (Phi) is 4.79. The summed E-state index contributed by atoms with van der Waals surface area (Å²) in [6.45, 7) is 3.34. The molecule has 0 spiro atoms. The highest BCUT2D eigenvalue weighted by molar-refractivity contribution is 5.97. The molecular weight excluding hydrogens is 204 g/mol. The monoisotopic (exact) mass is 222 g/mol. The van der Waals surface area contributed by atoms with E-state index in [-0.39, 0.29) is 5.84 Å². The van der Waals surface area contributed by atoms with E-state index in [2.05, 4.69) is 6.92 Å². The number of nitrogens with one attached hydrogen (secondary N) is 1. The van der Waals surface area contributed by atoms with E-state index in [0.29, 0.717) is 17.9 Å². The molecule has 1 aromatic carbocycles. The topological polar surface area (TPSA) is 68.3 Å². The van der Waals surface area contributed by atoms with E-state index in [0.717, 1.165) is 18.6 Å². The molecule has 0 aliphatic carbocycles. The average molecular weight is 222 g/mol. The lowest BCUT2D eigenvalue weighted by atomic mass is 10.1. The van der Waals surface area contributed by atoms with Gasteiger partial charge in [-0.3, -0.25) is 5.41 Å². The van der Waals surface area contributed by atoms with Crippen molar-refractivity contribution in [2.24, 2.45) is 5.73 Å². The van der Waals surface area contributed by atoms with Crippen LogP contribution >= 0.6 is 0 Å². The fourth-order valence-corrected chi connectivity index (χ4v) is 1.39. The second-order valence-electron chi connectivity index (χ2n) is 3.50. The molecule has 16 heavy (non-hydrogen) atoms. The van der Waals surface area contributed by atoms with Crippen molar-refractivity contribution in [2.75, 3.05) is 13.7 Å². The van der Waals surface area contributed by atoms with Gasteiger partial charge in [-0.1, -0.05) is 13.0 Å². The Labute approximate surface area is 95.9 Å². The maximum absolute atomic E-state index is 7.45. The van der Waals surface area contributed by atoms with Gasteiger partial charge in [-0.05, 0) is 24.1 Å². The highest BCUT2D eigenvalue weighted by Crippen LogP contribution is 2.19. The van der Waals surface area contributed by atoms with Crippen molar-refractivity contribution >= 4 is 5.84 Å². The molecule has 0 radical (unpaired) electrons. The van der Waals surface area contributed by atoms with Gasteiger partial charge in [0.05, 0.1) is 19.3 Å². The Morgan fingerprint density at radius 1 is 1.44 bits per heavy atom. The molecular formula is C12H18N2O2.